The molecule has 0 aliphatic heterocycles. The lowest BCUT2D eigenvalue weighted by molar-refractivity contribution is 0.320. The van der Waals surface area contributed by atoms with E-state index >= 15 is 0 Å². The first-order valence-corrected chi connectivity index (χ1v) is 16.3. The molecule has 0 N–H and O–H groups in total. The molecule has 0 bridgehead atoms. The Kier molecular flexibility index (Phi) is 7.73. The normalized spacial score (nSPS) is 12.7. The second-order valence-corrected chi connectivity index (χ2v) is 17.6. The Balaban J connectivity index is 2.06. The lowest BCUT2D eigenvalue weighted by atomic mass is 9.78. The number of ether oxygens (including phenoxy) is 2. The Morgan fingerprint density at radius 2 is 0.931 bits per heavy atom. The van der Waals surface area contributed by atoms with Crippen LogP contribution >= 0.6 is 0 Å². The molecule has 0 saturated carbocycles. The van der Waals surface area contributed by atoms with E-state index in [9.17, 15) is 0 Å². The smallest absolute Gasteiger partial charge is 0.224 e. The van der Waals surface area contributed by atoms with Gasteiger partial charge in [0.2, 0.25) is 16.6 Å². The van der Waals surface area contributed by atoms with Gasteiger partial charge >= 0.3 is 0 Å². The summed E-state index contributed by atoms with van der Waals surface area (Å²) in [7, 11) is 0.0652. The van der Waals surface area contributed by atoms with Gasteiger partial charge in [-0.3, -0.25) is 0 Å². The van der Waals surface area contributed by atoms with Crippen molar-refractivity contribution in [3.63, 3.8) is 0 Å². The summed E-state index contributed by atoms with van der Waals surface area (Å²) in [5, 5.41) is 0. The van der Waals surface area contributed by atoms with Crippen molar-refractivity contribution in [1.82, 2.24) is 0 Å². The number of rotatable bonds is 10. The zero-order valence-corrected chi connectivity index (χ0v) is 21.2. The van der Waals surface area contributed by atoms with Crippen molar-refractivity contribution in [3.8, 4) is 11.5 Å². The van der Waals surface area contributed by atoms with E-state index in [0.29, 0.717) is 12.5 Å². The van der Waals surface area contributed by atoms with Crippen molar-refractivity contribution in [2.45, 2.75) is 45.5 Å². The van der Waals surface area contributed by atoms with Crippen LogP contribution in [0.4, 0.5) is 0 Å². The van der Waals surface area contributed by atoms with Crippen LogP contribution in [0.5, 0.6) is 11.5 Å². The van der Waals surface area contributed by atoms with E-state index in [-0.39, 0.29) is 5.41 Å². The maximum atomic E-state index is 5.93. The Bertz CT molecular complexity index is 703. The molecule has 2 aromatic carbocycles. The summed E-state index contributed by atoms with van der Waals surface area (Å²) in [6.45, 7) is 13.1. The van der Waals surface area contributed by atoms with Crippen molar-refractivity contribution in [2.24, 2.45) is 0 Å². The van der Waals surface area contributed by atoms with Crippen molar-refractivity contribution >= 4 is 16.6 Å². The first kappa shape index (κ1) is 23.7. The van der Waals surface area contributed by atoms with Gasteiger partial charge in [-0.05, 0) is 61.6 Å². The topological polar surface area (TPSA) is 36.9 Å². The van der Waals surface area contributed by atoms with Gasteiger partial charge in [0.1, 0.15) is 24.0 Å². The van der Waals surface area contributed by atoms with E-state index < -0.39 is 16.6 Å². The highest BCUT2D eigenvalue weighted by molar-refractivity contribution is 6.71. The molecule has 0 radical (unpaired) electrons. The Morgan fingerprint density at radius 1 is 0.621 bits per heavy atom. The lowest BCUT2D eigenvalue weighted by Gasteiger charge is -2.27. The molecule has 0 aliphatic carbocycles. The third-order valence-corrected chi connectivity index (χ3v) is 9.32. The highest BCUT2D eigenvalue weighted by Gasteiger charge is 2.25. The zero-order valence-electron chi connectivity index (χ0n) is 19.2. The van der Waals surface area contributed by atoms with Gasteiger partial charge in [-0.2, -0.15) is 0 Å². The van der Waals surface area contributed by atoms with Gasteiger partial charge < -0.3 is 18.3 Å². The zero-order chi connectivity index (χ0) is 21.7. The molecule has 4 nitrogen and oxygen atoms in total. The summed E-state index contributed by atoms with van der Waals surface area (Å²) in [5.74, 6) is 1.77. The predicted octanol–water partition coefficient (Wildman–Crippen LogP) is 5.55. The molecular formula is C23H36O4Si2. The number of hydrogen-bond acceptors (Lipinski definition) is 4. The van der Waals surface area contributed by atoms with E-state index in [1.807, 2.05) is 24.3 Å². The molecule has 0 spiro atoms. The summed E-state index contributed by atoms with van der Waals surface area (Å²) in [5.41, 5.74) is 2.38. The molecule has 6 heteroatoms. The minimum absolute atomic E-state index is 0.113. The second kappa shape index (κ2) is 9.47. The van der Waals surface area contributed by atoms with E-state index in [0.717, 1.165) is 11.5 Å². The average Bonchev–Trinajstić information content (AvgIpc) is 2.71. The third kappa shape index (κ3) is 6.71. The van der Waals surface area contributed by atoms with Crippen LogP contribution in [0, 0.1) is 0 Å². The van der Waals surface area contributed by atoms with Crippen LogP contribution in [0.1, 0.15) is 25.0 Å². The van der Waals surface area contributed by atoms with Crippen LogP contribution in [-0.2, 0) is 14.3 Å². The summed E-state index contributed by atoms with van der Waals surface area (Å²) >= 11 is 0. The van der Waals surface area contributed by atoms with E-state index in [1.165, 1.54) is 11.1 Å². The average molecular weight is 433 g/mol. The van der Waals surface area contributed by atoms with Crippen LogP contribution in [-0.4, -0.2) is 43.3 Å². The van der Waals surface area contributed by atoms with Gasteiger partial charge in [-0.1, -0.05) is 38.1 Å². The van der Waals surface area contributed by atoms with Gasteiger partial charge in [0.25, 0.3) is 0 Å². The van der Waals surface area contributed by atoms with Gasteiger partial charge in [0.05, 0.1) is 0 Å². The maximum Gasteiger partial charge on any atom is 0.224 e. The van der Waals surface area contributed by atoms with E-state index in [4.69, 9.17) is 18.3 Å². The fraction of sp³-hybridized carbons (Fsp3) is 0.478. The van der Waals surface area contributed by atoms with Crippen molar-refractivity contribution in [2.75, 3.05) is 26.7 Å². The maximum absolute atomic E-state index is 5.93. The van der Waals surface area contributed by atoms with Crippen molar-refractivity contribution in [3.05, 3.63) is 59.7 Å². The molecule has 0 aromatic heterocycles. The van der Waals surface area contributed by atoms with E-state index in [1.54, 1.807) is 14.2 Å². The number of benzene rings is 2. The van der Waals surface area contributed by atoms with Crippen LogP contribution in [0.3, 0.4) is 0 Å². The number of hydrogen-bond donors (Lipinski definition) is 0. The molecule has 2 aromatic rings. The molecule has 2 rings (SSSR count). The van der Waals surface area contributed by atoms with Crippen molar-refractivity contribution in [1.29, 1.82) is 0 Å². The summed E-state index contributed by atoms with van der Waals surface area (Å²) in [6, 6.07) is 16.8. The SMILES string of the molecule is CO[Si](C)(C)COc1ccc(C(C)(C)c2ccc(OC[Si](C)(C)OC)cc2)cc1. The summed E-state index contributed by atoms with van der Waals surface area (Å²) in [6.07, 6.45) is 1.30. The molecule has 0 amide bonds. The molecule has 0 saturated heterocycles. The van der Waals surface area contributed by atoms with Gasteiger partial charge in [0.15, 0.2) is 0 Å². The monoisotopic (exact) mass is 432 g/mol. The standard InChI is InChI=1S/C23H36O4Si2/c1-23(2,19-9-13-21(14-10-19)26-17-28(5,6)24-3)20-11-15-22(16-12-20)27-18-29(7,8)25-4/h9-16H,17-18H2,1-8H3. The van der Waals surface area contributed by atoms with Crippen LogP contribution < -0.4 is 9.47 Å². The molecule has 0 unspecified atom stereocenters. The first-order valence-electron chi connectivity index (χ1n) is 10.1. The fourth-order valence-electron chi connectivity index (χ4n) is 2.73. The minimum Gasteiger partial charge on any atom is -0.494 e. The third-order valence-electron chi connectivity index (χ3n) is 5.43. The van der Waals surface area contributed by atoms with Gasteiger partial charge in [-0.15, -0.1) is 0 Å². The first-order chi connectivity index (χ1) is 13.5. The molecular weight excluding hydrogens is 396 g/mol. The molecule has 29 heavy (non-hydrogen) atoms. The van der Waals surface area contributed by atoms with Crippen LogP contribution in [0.2, 0.25) is 26.2 Å². The highest BCUT2D eigenvalue weighted by atomic mass is 28.4. The van der Waals surface area contributed by atoms with Gasteiger partial charge in [-0.25, -0.2) is 0 Å². The van der Waals surface area contributed by atoms with Crippen LogP contribution in [0.25, 0.3) is 0 Å². The quantitative estimate of drug-likeness (QED) is 0.461. The van der Waals surface area contributed by atoms with Crippen LogP contribution in [0.15, 0.2) is 48.5 Å². The minimum atomic E-state index is -1.73. The lowest BCUT2D eigenvalue weighted by Crippen LogP contribution is -2.37. The van der Waals surface area contributed by atoms with Crippen molar-refractivity contribution < 1.29 is 18.3 Å². The Hall–Kier alpha value is -1.61. The predicted molar refractivity (Wildman–Crippen MR) is 125 cm³/mol. The highest BCUT2D eigenvalue weighted by Crippen LogP contribution is 2.33. The van der Waals surface area contributed by atoms with E-state index in [2.05, 4.69) is 64.3 Å². The molecule has 0 heterocycles. The molecule has 160 valence electrons. The Morgan fingerprint density at radius 3 is 1.21 bits per heavy atom. The molecule has 0 atom stereocenters. The molecule has 0 fully saturated rings. The largest absolute Gasteiger partial charge is 0.494 e. The fourth-order valence-corrected chi connectivity index (χ4v) is 4.00. The summed E-state index contributed by atoms with van der Waals surface area (Å²) in [4.78, 5) is 0. The Labute approximate surface area is 178 Å². The second-order valence-electron chi connectivity index (χ2n) is 9.18. The van der Waals surface area contributed by atoms with Gasteiger partial charge in [0, 0.05) is 19.6 Å². The summed E-state index contributed by atoms with van der Waals surface area (Å²) < 4.78 is 22.9. The molecule has 0 aliphatic rings.